The van der Waals surface area contributed by atoms with Gasteiger partial charge >= 0.3 is 0 Å². The van der Waals surface area contributed by atoms with Gasteiger partial charge in [0.05, 0.1) is 23.2 Å². The molecule has 0 aromatic heterocycles. The lowest BCUT2D eigenvalue weighted by Gasteiger charge is -2.25. The standard InChI is InChI=1S/C13H24N2O3S/c1-4-11-14-13(3,5-2)12(16)15(11)8-10-6-7-19(17,18)9-10/h10-11,14H,4-9H2,1-3H3. The van der Waals surface area contributed by atoms with Crippen molar-refractivity contribution in [1.29, 1.82) is 0 Å². The van der Waals surface area contributed by atoms with E-state index in [1.807, 2.05) is 25.7 Å². The highest BCUT2D eigenvalue weighted by atomic mass is 32.2. The minimum Gasteiger partial charge on any atom is -0.325 e. The van der Waals surface area contributed by atoms with Gasteiger partial charge in [-0.15, -0.1) is 0 Å². The Hall–Kier alpha value is -0.620. The maximum absolute atomic E-state index is 12.5. The highest BCUT2D eigenvalue weighted by Gasteiger charge is 2.47. The van der Waals surface area contributed by atoms with E-state index in [4.69, 9.17) is 0 Å². The van der Waals surface area contributed by atoms with Crippen LogP contribution >= 0.6 is 0 Å². The summed E-state index contributed by atoms with van der Waals surface area (Å²) in [7, 11) is -2.87. The quantitative estimate of drug-likeness (QED) is 0.829. The maximum atomic E-state index is 12.5. The van der Waals surface area contributed by atoms with Crippen molar-refractivity contribution < 1.29 is 13.2 Å². The normalized spacial score (nSPS) is 38.1. The lowest BCUT2D eigenvalue weighted by molar-refractivity contribution is -0.133. The lowest BCUT2D eigenvalue weighted by atomic mass is 9.99. The summed E-state index contributed by atoms with van der Waals surface area (Å²) in [5.74, 6) is 0.723. The summed E-state index contributed by atoms with van der Waals surface area (Å²) in [6.07, 6.45) is 2.33. The second-order valence-electron chi connectivity index (χ2n) is 5.98. The van der Waals surface area contributed by atoms with Crippen LogP contribution in [0.25, 0.3) is 0 Å². The molecule has 2 heterocycles. The SMILES string of the molecule is CCC1NC(C)(CC)C(=O)N1CC1CCS(=O)(=O)C1. The summed E-state index contributed by atoms with van der Waals surface area (Å²) >= 11 is 0. The molecule has 0 aromatic carbocycles. The van der Waals surface area contributed by atoms with Crippen molar-refractivity contribution in [2.45, 2.75) is 51.7 Å². The van der Waals surface area contributed by atoms with E-state index in [1.165, 1.54) is 0 Å². The van der Waals surface area contributed by atoms with Gasteiger partial charge in [-0.2, -0.15) is 0 Å². The Morgan fingerprint density at radius 1 is 1.42 bits per heavy atom. The lowest BCUT2D eigenvalue weighted by Crippen LogP contribution is -2.43. The van der Waals surface area contributed by atoms with Gasteiger partial charge in [0.15, 0.2) is 9.84 Å². The van der Waals surface area contributed by atoms with Crippen LogP contribution in [-0.4, -0.2) is 49.0 Å². The van der Waals surface area contributed by atoms with E-state index in [1.54, 1.807) is 0 Å². The van der Waals surface area contributed by atoms with Crippen molar-refractivity contribution in [2.24, 2.45) is 5.92 Å². The van der Waals surface area contributed by atoms with Crippen LogP contribution in [-0.2, 0) is 14.6 Å². The first-order chi connectivity index (χ1) is 8.81. The molecule has 2 saturated heterocycles. The molecule has 3 atom stereocenters. The minimum absolute atomic E-state index is 0.0424. The Morgan fingerprint density at radius 3 is 2.58 bits per heavy atom. The number of nitrogens with one attached hydrogen (secondary N) is 1. The maximum Gasteiger partial charge on any atom is 0.243 e. The van der Waals surface area contributed by atoms with Gasteiger partial charge in [-0.05, 0) is 32.1 Å². The molecule has 0 aromatic rings. The molecule has 0 aliphatic carbocycles. The average molecular weight is 288 g/mol. The van der Waals surface area contributed by atoms with Gasteiger partial charge in [-0.3, -0.25) is 10.1 Å². The van der Waals surface area contributed by atoms with Gasteiger partial charge in [0.2, 0.25) is 5.91 Å². The molecule has 3 unspecified atom stereocenters. The molecule has 0 spiro atoms. The molecular weight excluding hydrogens is 264 g/mol. The van der Waals surface area contributed by atoms with E-state index >= 15 is 0 Å². The zero-order chi connectivity index (χ0) is 14.3. The molecule has 2 rings (SSSR count). The van der Waals surface area contributed by atoms with Crippen LogP contribution in [0.1, 0.15) is 40.0 Å². The van der Waals surface area contributed by atoms with Gasteiger partial charge in [0, 0.05) is 6.54 Å². The summed E-state index contributed by atoms with van der Waals surface area (Å²) in [6, 6.07) is 0. The van der Waals surface area contributed by atoms with Gasteiger partial charge in [0.1, 0.15) is 0 Å². The number of rotatable bonds is 4. The molecule has 1 N–H and O–H groups in total. The van der Waals surface area contributed by atoms with E-state index in [0.29, 0.717) is 13.0 Å². The number of sulfone groups is 1. The van der Waals surface area contributed by atoms with Crippen molar-refractivity contribution >= 4 is 15.7 Å². The Balaban J connectivity index is 2.09. The minimum atomic E-state index is -2.87. The van der Waals surface area contributed by atoms with E-state index < -0.39 is 15.4 Å². The van der Waals surface area contributed by atoms with Crippen LogP contribution in [0.2, 0.25) is 0 Å². The van der Waals surface area contributed by atoms with Gasteiger partial charge in [-0.25, -0.2) is 8.42 Å². The highest BCUT2D eigenvalue weighted by Crippen LogP contribution is 2.28. The van der Waals surface area contributed by atoms with E-state index in [0.717, 1.165) is 12.8 Å². The van der Waals surface area contributed by atoms with Crippen LogP contribution in [0.5, 0.6) is 0 Å². The van der Waals surface area contributed by atoms with Crippen molar-refractivity contribution in [1.82, 2.24) is 10.2 Å². The van der Waals surface area contributed by atoms with Crippen molar-refractivity contribution in [3.63, 3.8) is 0 Å². The summed E-state index contributed by atoms with van der Waals surface area (Å²) < 4.78 is 23.0. The molecule has 110 valence electrons. The first kappa shape index (κ1) is 14.8. The van der Waals surface area contributed by atoms with Crippen LogP contribution in [0.15, 0.2) is 0 Å². The summed E-state index contributed by atoms with van der Waals surface area (Å²) in [5.41, 5.74) is -0.488. The summed E-state index contributed by atoms with van der Waals surface area (Å²) in [4.78, 5) is 14.3. The second-order valence-corrected chi connectivity index (χ2v) is 8.21. The largest absolute Gasteiger partial charge is 0.325 e. The predicted octanol–water partition coefficient (Wildman–Crippen LogP) is 0.758. The molecule has 6 heteroatoms. The fourth-order valence-corrected chi connectivity index (χ4v) is 4.90. The number of nitrogens with zero attached hydrogens (tertiary/aromatic N) is 1. The predicted molar refractivity (Wildman–Crippen MR) is 74.4 cm³/mol. The molecule has 2 aliphatic heterocycles. The van der Waals surface area contributed by atoms with E-state index in [-0.39, 0.29) is 29.5 Å². The molecule has 1 amide bonds. The molecule has 5 nitrogen and oxygen atoms in total. The van der Waals surface area contributed by atoms with Crippen molar-refractivity contribution in [2.75, 3.05) is 18.1 Å². The second kappa shape index (κ2) is 5.05. The third kappa shape index (κ3) is 2.79. The zero-order valence-corrected chi connectivity index (χ0v) is 12.8. The van der Waals surface area contributed by atoms with Crippen LogP contribution < -0.4 is 5.32 Å². The average Bonchev–Trinajstić information content (AvgIpc) is 2.82. The van der Waals surface area contributed by atoms with E-state index in [2.05, 4.69) is 5.32 Å². The number of hydrogen-bond acceptors (Lipinski definition) is 4. The zero-order valence-electron chi connectivity index (χ0n) is 12.0. The Kier molecular flexibility index (Phi) is 3.93. The molecule has 0 saturated carbocycles. The smallest absolute Gasteiger partial charge is 0.243 e. The topological polar surface area (TPSA) is 66.5 Å². The highest BCUT2D eigenvalue weighted by molar-refractivity contribution is 7.91. The van der Waals surface area contributed by atoms with Crippen LogP contribution in [0, 0.1) is 5.92 Å². The monoisotopic (exact) mass is 288 g/mol. The fourth-order valence-electron chi connectivity index (χ4n) is 3.05. The third-order valence-corrected chi connectivity index (χ3v) is 6.31. The summed E-state index contributed by atoms with van der Waals surface area (Å²) in [6.45, 7) is 6.55. The molecule has 2 fully saturated rings. The van der Waals surface area contributed by atoms with Gasteiger partial charge < -0.3 is 4.90 Å². The van der Waals surface area contributed by atoms with Crippen molar-refractivity contribution in [3.05, 3.63) is 0 Å². The van der Waals surface area contributed by atoms with Gasteiger partial charge in [-0.1, -0.05) is 13.8 Å². The molecule has 2 aliphatic rings. The molecule has 0 bridgehead atoms. The first-order valence-corrected chi connectivity index (χ1v) is 8.92. The van der Waals surface area contributed by atoms with Gasteiger partial charge in [0.25, 0.3) is 0 Å². The number of carbonyl (C=O) groups is 1. The molecular formula is C13H24N2O3S. The van der Waals surface area contributed by atoms with Crippen LogP contribution in [0.4, 0.5) is 0 Å². The Bertz CT molecular complexity index is 463. The number of amides is 1. The third-order valence-electron chi connectivity index (χ3n) is 4.47. The molecule has 19 heavy (non-hydrogen) atoms. The van der Waals surface area contributed by atoms with E-state index in [9.17, 15) is 13.2 Å². The van der Waals surface area contributed by atoms with Crippen LogP contribution in [0.3, 0.4) is 0 Å². The summed E-state index contributed by atoms with van der Waals surface area (Å²) in [5, 5.41) is 3.39. The first-order valence-electron chi connectivity index (χ1n) is 7.10. The van der Waals surface area contributed by atoms with Crippen molar-refractivity contribution in [3.8, 4) is 0 Å². The number of hydrogen-bond donors (Lipinski definition) is 1. The fraction of sp³-hybridized carbons (Fsp3) is 0.923. The Labute approximate surface area is 115 Å². The molecule has 0 radical (unpaired) electrons. The number of carbonyl (C=O) groups excluding carboxylic acids is 1. The Morgan fingerprint density at radius 2 is 2.11 bits per heavy atom.